The van der Waals surface area contributed by atoms with Crippen LogP contribution in [0.1, 0.15) is 21.5 Å². The van der Waals surface area contributed by atoms with Crippen LogP contribution in [0.2, 0.25) is 0 Å². The van der Waals surface area contributed by atoms with Crippen LogP contribution in [0.4, 0.5) is 5.82 Å². The molecule has 1 amide bonds. The number of aryl methyl sites for hydroxylation is 1. The van der Waals surface area contributed by atoms with E-state index in [0.717, 1.165) is 33.8 Å². The maximum atomic E-state index is 12.8. The van der Waals surface area contributed by atoms with E-state index in [-0.39, 0.29) is 5.91 Å². The molecule has 4 aromatic heterocycles. The van der Waals surface area contributed by atoms with Gasteiger partial charge in [-0.25, -0.2) is 9.67 Å². The van der Waals surface area contributed by atoms with Gasteiger partial charge in [0.15, 0.2) is 5.82 Å². The molecule has 39 heavy (non-hydrogen) atoms. The molecule has 0 atom stereocenters. The molecule has 0 aliphatic rings. The highest BCUT2D eigenvalue weighted by Gasteiger charge is 2.21. The Labute approximate surface area is 225 Å². The Bertz CT molecular complexity index is 1690. The molecule has 0 aliphatic heterocycles. The van der Waals surface area contributed by atoms with Crippen molar-refractivity contribution >= 4 is 22.6 Å². The Kier molecular flexibility index (Phi) is 6.38. The van der Waals surface area contributed by atoms with Gasteiger partial charge < -0.3 is 15.2 Å². The molecule has 2 aromatic carbocycles. The monoisotopic (exact) mass is 516 g/mol. The number of aromatic amines is 1. The van der Waals surface area contributed by atoms with Gasteiger partial charge in [0.25, 0.3) is 5.91 Å². The van der Waals surface area contributed by atoms with Crippen molar-refractivity contribution in [3.8, 4) is 17.1 Å². The summed E-state index contributed by atoms with van der Waals surface area (Å²) in [4.78, 5) is 23.4. The van der Waals surface area contributed by atoms with Crippen LogP contribution in [0.5, 0.6) is 0 Å². The van der Waals surface area contributed by atoms with E-state index in [2.05, 4.69) is 44.6 Å². The van der Waals surface area contributed by atoms with Gasteiger partial charge in [0.05, 0.1) is 29.2 Å². The number of aromatic nitrogens is 6. The first-order valence-electron chi connectivity index (χ1n) is 12.7. The summed E-state index contributed by atoms with van der Waals surface area (Å²) in [6, 6.07) is 24.6. The van der Waals surface area contributed by atoms with Crippen molar-refractivity contribution in [2.75, 3.05) is 11.9 Å². The van der Waals surface area contributed by atoms with E-state index in [9.17, 15) is 4.79 Å². The third-order valence-electron chi connectivity index (χ3n) is 6.67. The number of benzene rings is 2. The Balaban J connectivity index is 1.47. The van der Waals surface area contributed by atoms with E-state index in [1.165, 1.54) is 11.1 Å². The number of pyridine rings is 1. The molecule has 0 bridgehead atoms. The molecule has 9 nitrogen and oxygen atoms in total. The minimum absolute atomic E-state index is 0.192. The Morgan fingerprint density at radius 3 is 2.28 bits per heavy atom. The third-order valence-corrected chi connectivity index (χ3v) is 6.67. The zero-order chi connectivity index (χ0) is 26.8. The largest absolute Gasteiger partial charge is 0.355 e. The van der Waals surface area contributed by atoms with Gasteiger partial charge in [-0.3, -0.25) is 9.48 Å². The SMILES string of the molecule is CNC(=O)c1cnc(N(Cc2ccccc2)Cc2ccccc2)c2[nH]c(-c3ccn(-c4cnn(C)c4)n3)cc12. The molecule has 0 aliphatic carbocycles. The Morgan fingerprint density at radius 2 is 1.67 bits per heavy atom. The molecule has 9 heteroatoms. The van der Waals surface area contributed by atoms with E-state index >= 15 is 0 Å². The predicted molar refractivity (Wildman–Crippen MR) is 152 cm³/mol. The summed E-state index contributed by atoms with van der Waals surface area (Å²) in [6.07, 6.45) is 7.22. The first kappa shape index (κ1) is 24.2. The summed E-state index contributed by atoms with van der Waals surface area (Å²) < 4.78 is 3.52. The second-order valence-electron chi connectivity index (χ2n) is 9.39. The lowest BCUT2D eigenvalue weighted by Gasteiger charge is -2.25. The molecule has 0 fully saturated rings. The summed E-state index contributed by atoms with van der Waals surface area (Å²) in [6.45, 7) is 1.31. The minimum Gasteiger partial charge on any atom is -0.355 e. The van der Waals surface area contributed by atoms with Gasteiger partial charge in [-0.05, 0) is 23.3 Å². The van der Waals surface area contributed by atoms with Gasteiger partial charge in [-0.2, -0.15) is 10.2 Å². The van der Waals surface area contributed by atoms with Crippen molar-refractivity contribution in [3.05, 3.63) is 114 Å². The van der Waals surface area contributed by atoms with Gasteiger partial charge in [-0.15, -0.1) is 0 Å². The highest BCUT2D eigenvalue weighted by Crippen LogP contribution is 2.33. The maximum absolute atomic E-state index is 12.8. The van der Waals surface area contributed by atoms with Crippen LogP contribution in [-0.4, -0.2) is 42.5 Å². The molecule has 0 saturated heterocycles. The van der Waals surface area contributed by atoms with Gasteiger partial charge in [0.1, 0.15) is 11.4 Å². The van der Waals surface area contributed by atoms with Gasteiger partial charge in [0.2, 0.25) is 0 Å². The van der Waals surface area contributed by atoms with E-state index in [1.807, 2.05) is 68.0 Å². The van der Waals surface area contributed by atoms with Crippen LogP contribution >= 0.6 is 0 Å². The molecule has 4 heterocycles. The molecule has 0 unspecified atom stereocenters. The molecule has 194 valence electrons. The molecule has 6 aromatic rings. The topological polar surface area (TPSA) is 96.7 Å². The van der Waals surface area contributed by atoms with Crippen molar-refractivity contribution < 1.29 is 4.79 Å². The van der Waals surface area contributed by atoms with Crippen molar-refractivity contribution in [2.45, 2.75) is 13.1 Å². The highest BCUT2D eigenvalue weighted by molar-refractivity contribution is 6.09. The zero-order valence-electron chi connectivity index (χ0n) is 21.7. The number of carbonyl (C=O) groups is 1. The molecule has 0 spiro atoms. The van der Waals surface area contributed by atoms with E-state index < -0.39 is 0 Å². The number of nitrogens with zero attached hydrogens (tertiary/aromatic N) is 6. The Morgan fingerprint density at radius 1 is 0.974 bits per heavy atom. The van der Waals surface area contributed by atoms with Crippen LogP contribution in [0, 0.1) is 0 Å². The van der Waals surface area contributed by atoms with Crippen LogP contribution in [0.15, 0.2) is 97.6 Å². The summed E-state index contributed by atoms with van der Waals surface area (Å²) in [5.41, 5.74) is 6.04. The zero-order valence-corrected chi connectivity index (χ0v) is 21.7. The summed E-state index contributed by atoms with van der Waals surface area (Å²) >= 11 is 0. The number of fused-ring (bicyclic) bond motifs is 1. The van der Waals surface area contributed by atoms with Crippen LogP contribution in [0.3, 0.4) is 0 Å². The van der Waals surface area contributed by atoms with Crippen molar-refractivity contribution in [2.24, 2.45) is 7.05 Å². The normalized spacial score (nSPS) is 11.1. The van der Waals surface area contributed by atoms with Gasteiger partial charge in [-0.1, -0.05) is 60.7 Å². The number of carbonyl (C=O) groups excluding carboxylic acids is 1. The standard InChI is InChI=1S/C30H28N8O/c1-31-30(39)25-17-32-29(37(18-21-9-5-3-6-10-21)19-22-11-7-4-8-12-22)28-24(25)15-27(34-28)26-13-14-38(35-26)23-16-33-36(2)20-23/h3-17,20,34H,18-19H2,1-2H3,(H,31,39). The quantitative estimate of drug-likeness (QED) is 0.305. The molecule has 0 radical (unpaired) electrons. The predicted octanol–water partition coefficient (Wildman–Crippen LogP) is 4.72. The molecular formula is C30H28N8O. The number of hydrogen-bond acceptors (Lipinski definition) is 5. The Hall–Kier alpha value is -5.18. The van der Waals surface area contributed by atoms with E-state index in [1.54, 1.807) is 28.8 Å². The molecule has 6 rings (SSSR count). The van der Waals surface area contributed by atoms with Crippen LogP contribution in [-0.2, 0) is 20.1 Å². The fraction of sp³-hybridized carbons (Fsp3) is 0.133. The van der Waals surface area contributed by atoms with E-state index in [0.29, 0.717) is 18.7 Å². The van der Waals surface area contributed by atoms with Crippen molar-refractivity contribution in [3.63, 3.8) is 0 Å². The number of rotatable bonds is 8. The number of hydrogen-bond donors (Lipinski definition) is 2. The molecule has 0 saturated carbocycles. The average molecular weight is 517 g/mol. The van der Waals surface area contributed by atoms with Crippen molar-refractivity contribution in [1.29, 1.82) is 0 Å². The van der Waals surface area contributed by atoms with Crippen molar-refractivity contribution in [1.82, 2.24) is 34.8 Å². The van der Waals surface area contributed by atoms with E-state index in [4.69, 9.17) is 10.1 Å². The number of amides is 1. The lowest BCUT2D eigenvalue weighted by Crippen LogP contribution is -2.24. The lowest BCUT2D eigenvalue weighted by atomic mass is 10.1. The molecule has 2 N–H and O–H groups in total. The fourth-order valence-corrected chi connectivity index (χ4v) is 4.75. The first-order chi connectivity index (χ1) is 19.1. The second kappa shape index (κ2) is 10.3. The third kappa shape index (κ3) is 4.89. The van der Waals surface area contributed by atoms with Gasteiger partial charge in [0, 0.05) is 45.0 Å². The van der Waals surface area contributed by atoms with Crippen LogP contribution in [0.25, 0.3) is 28.0 Å². The smallest absolute Gasteiger partial charge is 0.253 e. The first-order valence-corrected chi connectivity index (χ1v) is 12.7. The van der Waals surface area contributed by atoms with Crippen LogP contribution < -0.4 is 10.2 Å². The second-order valence-corrected chi connectivity index (χ2v) is 9.39. The summed E-state index contributed by atoms with van der Waals surface area (Å²) in [7, 11) is 3.50. The summed E-state index contributed by atoms with van der Waals surface area (Å²) in [5, 5.41) is 12.5. The van der Waals surface area contributed by atoms with Gasteiger partial charge >= 0.3 is 0 Å². The fourth-order valence-electron chi connectivity index (χ4n) is 4.75. The number of anilines is 1. The maximum Gasteiger partial charge on any atom is 0.253 e. The number of nitrogens with one attached hydrogen (secondary N) is 2. The highest BCUT2D eigenvalue weighted by atomic mass is 16.1. The number of H-pyrrole nitrogens is 1. The molecular weight excluding hydrogens is 488 g/mol. The summed E-state index contributed by atoms with van der Waals surface area (Å²) in [5.74, 6) is 0.575. The minimum atomic E-state index is -0.192. The lowest BCUT2D eigenvalue weighted by molar-refractivity contribution is 0.0964. The average Bonchev–Trinajstić information content (AvgIpc) is 3.72.